The van der Waals surface area contributed by atoms with Crippen molar-refractivity contribution in [3.63, 3.8) is 0 Å². The number of rotatable bonds is 3. The van der Waals surface area contributed by atoms with Crippen LogP contribution in [0.25, 0.3) is 0 Å². The molecular weight excluding hydrogens is 264 g/mol. The van der Waals surface area contributed by atoms with E-state index in [-0.39, 0.29) is 11.3 Å². The second-order valence-electron chi connectivity index (χ2n) is 5.94. The molecule has 0 aliphatic heterocycles. The lowest BCUT2D eigenvalue weighted by Gasteiger charge is -2.18. The van der Waals surface area contributed by atoms with Gasteiger partial charge in [-0.1, -0.05) is 32.9 Å². The topological polar surface area (TPSA) is 54.6 Å². The van der Waals surface area contributed by atoms with Crippen LogP contribution in [-0.4, -0.2) is 11.6 Å². The van der Waals surface area contributed by atoms with E-state index >= 15 is 0 Å². The number of carbonyl (C=O) groups excluding carboxylic acids is 1. The minimum atomic E-state index is -0.235. The molecule has 21 heavy (non-hydrogen) atoms. The summed E-state index contributed by atoms with van der Waals surface area (Å²) in [6.45, 7) is 8.19. The number of benzene rings is 1. The number of amides is 1. The van der Waals surface area contributed by atoms with Crippen LogP contribution in [0.4, 0.5) is 0 Å². The molecule has 1 N–H and O–H groups in total. The minimum absolute atomic E-state index is 0.0725. The van der Waals surface area contributed by atoms with Crippen LogP contribution in [0.5, 0.6) is 0 Å². The molecule has 0 aliphatic rings. The van der Waals surface area contributed by atoms with Crippen LogP contribution in [0.2, 0.25) is 0 Å². The van der Waals surface area contributed by atoms with Crippen molar-refractivity contribution < 1.29 is 9.21 Å². The normalized spacial score (nSPS) is 12.3. The number of carbonyl (C=O) groups is 1. The maximum Gasteiger partial charge on any atom is 0.271 e. The molecule has 110 valence electrons. The fourth-order valence-corrected chi connectivity index (χ4v) is 1.86. The van der Waals surface area contributed by atoms with Gasteiger partial charge in [0.05, 0.1) is 6.26 Å². The number of nitrogens with zero attached hydrogens (tertiary/aromatic N) is 1. The van der Waals surface area contributed by atoms with Crippen LogP contribution < -0.4 is 5.43 Å². The first-order chi connectivity index (χ1) is 9.88. The third-order valence-electron chi connectivity index (χ3n) is 3.22. The quantitative estimate of drug-likeness (QED) is 0.689. The summed E-state index contributed by atoms with van der Waals surface area (Å²) in [6, 6.07) is 11.1. The second kappa shape index (κ2) is 5.95. The molecule has 0 fully saturated rings. The van der Waals surface area contributed by atoms with Gasteiger partial charge >= 0.3 is 0 Å². The predicted molar refractivity (Wildman–Crippen MR) is 83.5 cm³/mol. The van der Waals surface area contributed by atoms with E-state index in [9.17, 15) is 4.79 Å². The average Bonchev–Trinajstić information content (AvgIpc) is 2.98. The highest BCUT2D eigenvalue weighted by Crippen LogP contribution is 2.22. The summed E-state index contributed by atoms with van der Waals surface area (Å²) in [7, 11) is 0. The standard InChI is InChI=1S/C17H20N2O2/c1-12(15-6-5-11-21-15)18-19-16(20)13-7-9-14(10-8-13)17(2,3)4/h5-11H,1-4H3,(H,19,20)/b18-12-. The Hall–Kier alpha value is -2.36. The molecule has 0 spiro atoms. The number of nitrogens with one attached hydrogen (secondary N) is 1. The highest BCUT2D eigenvalue weighted by Gasteiger charge is 2.14. The molecule has 1 heterocycles. The lowest BCUT2D eigenvalue weighted by atomic mass is 9.87. The Morgan fingerprint density at radius 2 is 1.81 bits per heavy atom. The Morgan fingerprint density at radius 3 is 2.33 bits per heavy atom. The predicted octanol–water partition coefficient (Wildman–Crippen LogP) is 3.73. The lowest BCUT2D eigenvalue weighted by molar-refractivity contribution is 0.0954. The monoisotopic (exact) mass is 284 g/mol. The van der Waals surface area contributed by atoms with Gasteiger partial charge in [-0.05, 0) is 42.2 Å². The highest BCUT2D eigenvalue weighted by atomic mass is 16.3. The van der Waals surface area contributed by atoms with E-state index in [4.69, 9.17) is 4.42 Å². The summed E-state index contributed by atoms with van der Waals surface area (Å²) in [5.41, 5.74) is 5.00. The van der Waals surface area contributed by atoms with Crippen LogP contribution in [-0.2, 0) is 5.41 Å². The third kappa shape index (κ3) is 3.81. The molecule has 0 aliphatic carbocycles. The van der Waals surface area contributed by atoms with Gasteiger partial charge in [-0.25, -0.2) is 5.43 Å². The van der Waals surface area contributed by atoms with Gasteiger partial charge in [0.1, 0.15) is 11.5 Å². The third-order valence-corrected chi connectivity index (χ3v) is 3.22. The van der Waals surface area contributed by atoms with Gasteiger partial charge in [0, 0.05) is 5.56 Å². The van der Waals surface area contributed by atoms with Gasteiger partial charge in [0.25, 0.3) is 5.91 Å². The first-order valence-corrected chi connectivity index (χ1v) is 6.87. The van der Waals surface area contributed by atoms with Gasteiger partial charge in [-0.3, -0.25) is 4.79 Å². The molecule has 4 nitrogen and oxygen atoms in total. The fourth-order valence-electron chi connectivity index (χ4n) is 1.86. The number of furan rings is 1. The van der Waals surface area contributed by atoms with Crippen molar-refractivity contribution in [3.05, 3.63) is 59.5 Å². The Kier molecular flexibility index (Phi) is 4.26. The van der Waals surface area contributed by atoms with Crippen LogP contribution in [0.1, 0.15) is 49.4 Å². The van der Waals surface area contributed by atoms with Gasteiger partial charge in [-0.2, -0.15) is 5.10 Å². The summed E-state index contributed by atoms with van der Waals surface area (Å²) < 4.78 is 5.20. The molecule has 0 bridgehead atoms. The van der Waals surface area contributed by atoms with E-state index in [0.29, 0.717) is 17.0 Å². The van der Waals surface area contributed by atoms with E-state index in [1.54, 1.807) is 25.3 Å². The molecule has 1 amide bonds. The van der Waals surface area contributed by atoms with E-state index in [1.807, 2.05) is 24.3 Å². The molecule has 0 atom stereocenters. The number of hydrogen-bond donors (Lipinski definition) is 1. The SMILES string of the molecule is C/C(=N/NC(=O)c1ccc(C(C)(C)C)cc1)c1ccco1. The highest BCUT2D eigenvalue weighted by molar-refractivity contribution is 5.99. The molecule has 2 rings (SSSR count). The van der Waals surface area contributed by atoms with Gasteiger partial charge in [0.2, 0.25) is 0 Å². The zero-order valence-electron chi connectivity index (χ0n) is 12.8. The van der Waals surface area contributed by atoms with Gasteiger partial charge in [0.15, 0.2) is 0 Å². The summed E-state index contributed by atoms with van der Waals surface area (Å²) in [5.74, 6) is 0.403. The van der Waals surface area contributed by atoms with Crippen LogP contribution in [0, 0.1) is 0 Å². The van der Waals surface area contributed by atoms with E-state index < -0.39 is 0 Å². The Balaban J connectivity index is 2.06. The molecule has 2 aromatic rings. The van der Waals surface area contributed by atoms with Crippen molar-refractivity contribution in [2.45, 2.75) is 33.1 Å². The summed E-state index contributed by atoms with van der Waals surface area (Å²) in [4.78, 5) is 12.0. The maximum atomic E-state index is 12.0. The zero-order valence-corrected chi connectivity index (χ0v) is 12.8. The van der Waals surface area contributed by atoms with Gasteiger partial charge < -0.3 is 4.42 Å². The molecule has 4 heteroatoms. The summed E-state index contributed by atoms with van der Waals surface area (Å²) in [5, 5.41) is 4.04. The van der Waals surface area contributed by atoms with Crippen molar-refractivity contribution in [1.29, 1.82) is 0 Å². The minimum Gasteiger partial charge on any atom is -0.463 e. The largest absolute Gasteiger partial charge is 0.463 e. The molecule has 1 aromatic heterocycles. The smallest absolute Gasteiger partial charge is 0.271 e. The van der Waals surface area contributed by atoms with Crippen LogP contribution in [0.3, 0.4) is 0 Å². The Bertz CT molecular complexity index is 632. The molecule has 0 saturated heterocycles. The van der Waals surface area contributed by atoms with Crippen molar-refractivity contribution in [3.8, 4) is 0 Å². The van der Waals surface area contributed by atoms with E-state index in [0.717, 1.165) is 0 Å². The number of hydrogen-bond acceptors (Lipinski definition) is 3. The first kappa shape index (κ1) is 15.0. The van der Waals surface area contributed by atoms with Crippen LogP contribution in [0.15, 0.2) is 52.2 Å². The van der Waals surface area contributed by atoms with Crippen molar-refractivity contribution in [2.75, 3.05) is 0 Å². The van der Waals surface area contributed by atoms with Gasteiger partial charge in [-0.15, -0.1) is 0 Å². The van der Waals surface area contributed by atoms with Crippen molar-refractivity contribution in [1.82, 2.24) is 5.43 Å². The molecule has 0 radical (unpaired) electrons. The van der Waals surface area contributed by atoms with Crippen molar-refractivity contribution >= 4 is 11.6 Å². The Labute approximate surface area is 124 Å². The summed E-state index contributed by atoms with van der Waals surface area (Å²) in [6.07, 6.45) is 1.57. The molecule has 0 unspecified atom stereocenters. The summed E-state index contributed by atoms with van der Waals surface area (Å²) >= 11 is 0. The zero-order chi connectivity index (χ0) is 15.5. The van der Waals surface area contributed by atoms with Crippen molar-refractivity contribution in [2.24, 2.45) is 5.10 Å². The second-order valence-corrected chi connectivity index (χ2v) is 5.94. The maximum absolute atomic E-state index is 12.0. The fraction of sp³-hybridized carbons (Fsp3) is 0.294. The first-order valence-electron chi connectivity index (χ1n) is 6.87. The molecule has 1 aromatic carbocycles. The van der Waals surface area contributed by atoms with E-state index in [2.05, 4.69) is 31.3 Å². The van der Waals surface area contributed by atoms with Crippen LogP contribution >= 0.6 is 0 Å². The average molecular weight is 284 g/mol. The Morgan fingerprint density at radius 1 is 1.14 bits per heavy atom. The van der Waals surface area contributed by atoms with E-state index in [1.165, 1.54) is 5.56 Å². The molecule has 0 saturated carbocycles. The number of hydrazone groups is 1. The molecular formula is C17H20N2O2. The lowest BCUT2D eigenvalue weighted by Crippen LogP contribution is -2.19.